The van der Waals surface area contributed by atoms with E-state index >= 15 is 0 Å². The molecule has 0 amide bonds. The minimum absolute atomic E-state index is 0.408. The molecule has 0 aromatic heterocycles. The number of benzene rings is 1. The van der Waals surface area contributed by atoms with Crippen LogP contribution in [0.15, 0.2) is 18.2 Å². The van der Waals surface area contributed by atoms with Gasteiger partial charge in [-0.25, -0.2) is 4.39 Å². The van der Waals surface area contributed by atoms with Gasteiger partial charge in [0.25, 0.3) is 0 Å². The van der Waals surface area contributed by atoms with Crippen molar-refractivity contribution >= 4 is 0 Å². The van der Waals surface area contributed by atoms with Crippen LogP contribution < -0.4 is 4.74 Å². The summed E-state index contributed by atoms with van der Waals surface area (Å²) in [5.74, 6) is -1.22. The van der Waals surface area contributed by atoms with Crippen molar-refractivity contribution in [3.63, 3.8) is 0 Å². The summed E-state index contributed by atoms with van der Waals surface area (Å²) in [4.78, 5) is 0. The van der Waals surface area contributed by atoms with Gasteiger partial charge in [-0.1, -0.05) is 0 Å². The molecule has 0 aliphatic carbocycles. The molecule has 0 saturated heterocycles. The molecule has 72 valence electrons. The van der Waals surface area contributed by atoms with Crippen LogP contribution in [-0.4, -0.2) is 7.11 Å². The van der Waals surface area contributed by atoms with E-state index in [4.69, 9.17) is 0 Å². The SMILES string of the molecule is COc1cc(C(F)(F)F)ccc1F. The van der Waals surface area contributed by atoms with Gasteiger partial charge in [0, 0.05) is 0 Å². The summed E-state index contributed by atoms with van der Waals surface area (Å²) in [7, 11) is 1.11. The highest BCUT2D eigenvalue weighted by atomic mass is 19.4. The Bertz CT molecular complexity index is 306. The van der Waals surface area contributed by atoms with Crippen LogP contribution in [0.3, 0.4) is 0 Å². The van der Waals surface area contributed by atoms with Gasteiger partial charge in [0.15, 0.2) is 11.6 Å². The molecule has 0 heterocycles. The van der Waals surface area contributed by atoms with Crippen molar-refractivity contribution in [3.05, 3.63) is 29.6 Å². The molecule has 0 spiro atoms. The molecule has 5 heteroatoms. The highest BCUT2D eigenvalue weighted by Crippen LogP contribution is 2.32. The van der Waals surface area contributed by atoms with E-state index in [1.54, 1.807) is 0 Å². The fourth-order valence-electron chi connectivity index (χ4n) is 0.836. The molecular formula is C8H6F4O. The first kappa shape index (κ1) is 9.83. The molecule has 0 N–H and O–H groups in total. The number of hydrogen-bond donors (Lipinski definition) is 0. The normalized spacial score (nSPS) is 11.5. The Morgan fingerprint density at radius 2 is 1.85 bits per heavy atom. The second-order valence-electron chi connectivity index (χ2n) is 2.35. The summed E-state index contributed by atoms with van der Waals surface area (Å²) in [6.45, 7) is 0. The average Bonchev–Trinajstić information content (AvgIpc) is 2.03. The predicted molar refractivity (Wildman–Crippen MR) is 38.0 cm³/mol. The molecule has 0 aliphatic heterocycles. The van der Waals surface area contributed by atoms with Gasteiger partial charge in [0.2, 0.25) is 0 Å². The van der Waals surface area contributed by atoms with E-state index in [0.717, 1.165) is 13.2 Å². The smallest absolute Gasteiger partial charge is 0.416 e. The summed E-state index contributed by atoms with van der Waals surface area (Å²) in [5.41, 5.74) is -0.925. The minimum Gasteiger partial charge on any atom is -0.494 e. The molecule has 0 bridgehead atoms. The monoisotopic (exact) mass is 194 g/mol. The number of rotatable bonds is 1. The lowest BCUT2D eigenvalue weighted by Crippen LogP contribution is -2.05. The molecule has 0 aliphatic rings. The van der Waals surface area contributed by atoms with Gasteiger partial charge < -0.3 is 4.74 Å². The van der Waals surface area contributed by atoms with E-state index < -0.39 is 23.3 Å². The van der Waals surface area contributed by atoms with E-state index in [-0.39, 0.29) is 0 Å². The second-order valence-corrected chi connectivity index (χ2v) is 2.35. The van der Waals surface area contributed by atoms with Gasteiger partial charge in [-0.3, -0.25) is 0 Å². The Labute approximate surface area is 71.9 Å². The highest BCUT2D eigenvalue weighted by molar-refractivity contribution is 5.31. The van der Waals surface area contributed by atoms with Crippen molar-refractivity contribution < 1.29 is 22.3 Å². The van der Waals surface area contributed by atoms with Gasteiger partial charge in [-0.2, -0.15) is 13.2 Å². The fraction of sp³-hybridized carbons (Fsp3) is 0.250. The largest absolute Gasteiger partial charge is 0.494 e. The van der Waals surface area contributed by atoms with Crippen LogP contribution in [0.4, 0.5) is 17.6 Å². The molecule has 0 radical (unpaired) electrons. The van der Waals surface area contributed by atoms with E-state index in [0.29, 0.717) is 12.1 Å². The van der Waals surface area contributed by atoms with E-state index in [1.807, 2.05) is 0 Å². The van der Waals surface area contributed by atoms with Crippen LogP contribution in [0, 0.1) is 5.82 Å². The topological polar surface area (TPSA) is 9.23 Å². The van der Waals surface area contributed by atoms with Crippen LogP contribution in [0.1, 0.15) is 5.56 Å². The van der Waals surface area contributed by atoms with Crippen LogP contribution in [0.2, 0.25) is 0 Å². The maximum Gasteiger partial charge on any atom is 0.416 e. The second kappa shape index (κ2) is 3.24. The average molecular weight is 194 g/mol. The van der Waals surface area contributed by atoms with Crippen LogP contribution in [0.25, 0.3) is 0 Å². The maximum absolute atomic E-state index is 12.7. The van der Waals surface area contributed by atoms with Crippen molar-refractivity contribution in [3.8, 4) is 5.75 Å². The molecule has 1 rings (SSSR count). The van der Waals surface area contributed by atoms with Gasteiger partial charge in [0.1, 0.15) is 0 Å². The first-order chi connectivity index (χ1) is 5.95. The lowest BCUT2D eigenvalue weighted by molar-refractivity contribution is -0.137. The molecule has 0 atom stereocenters. The predicted octanol–water partition coefficient (Wildman–Crippen LogP) is 2.85. The first-order valence-corrected chi connectivity index (χ1v) is 3.36. The number of methoxy groups -OCH3 is 1. The molecule has 1 nitrogen and oxygen atoms in total. The zero-order valence-corrected chi connectivity index (χ0v) is 6.65. The van der Waals surface area contributed by atoms with E-state index in [1.165, 1.54) is 0 Å². The first-order valence-electron chi connectivity index (χ1n) is 3.36. The Hall–Kier alpha value is -1.26. The number of halogens is 4. The molecular weight excluding hydrogens is 188 g/mol. The Kier molecular flexibility index (Phi) is 2.45. The summed E-state index contributed by atoms with van der Waals surface area (Å²) >= 11 is 0. The van der Waals surface area contributed by atoms with Gasteiger partial charge in [-0.15, -0.1) is 0 Å². The Morgan fingerprint density at radius 1 is 1.23 bits per heavy atom. The Morgan fingerprint density at radius 3 is 2.31 bits per heavy atom. The Balaban J connectivity index is 3.14. The van der Waals surface area contributed by atoms with Crippen molar-refractivity contribution in [1.82, 2.24) is 0 Å². The third-order valence-corrected chi connectivity index (χ3v) is 1.48. The van der Waals surface area contributed by atoms with Crippen LogP contribution in [0.5, 0.6) is 5.75 Å². The van der Waals surface area contributed by atoms with Crippen LogP contribution in [-0.2, 0) is 6.18 Å². The number of ether oxygens (including phenoxy) is 1. The lowest BCUT2D eigenvalue weighted by atomic mass is 10.2. The molecule has 0 unspecified atom stereocenters. The maximum atomic E-state index is 12.7. The van der Waals surface area contributed by atoms with Crippen molar-refractivity contribution in [2.45, 2.75) is 6.18 Å². The van der Waals surface area contributed by atoms with Gasteiger partial charge in [-0.05, 0) is 18.2 Å². The molecule has 0 saturated carbocycles. The van der Waals surface area contributed by atoms with Crippen molar-refractivity contribution in [1.29, 1.82) is 0 Å². The lowest BCUT2D eigenvalue weighted by Gasteiger charge is -2.08. The summed E-state index contributed by atoms with van der Waals surface area (Å²) < 4.78 is 53.2. The quantitative estimate of drug-likeness (QED) is 0.624. The number of hydrogen-bond acceptors (Lipinski definition) is 1. The molecule has 1 aromatic rings. The van der Waals surface area contributed by atoms with Crippen LogP contribution >= 0.6 is 0 Å². The zero-order valence-electron chi connectivity index (χ0n) is 6.65. The fourth-order valence-corrected chi connectivity index (χ4v) is 0.836. The van der Waals surface area contributed by atoms with E-state index in [2.05, 4.69) is 4.74 Å². The summed E-state index contributed by atoms with van der Waals surface area (Å²) in [6, 6.07) is 2.01. The third-order valence-electron chi connectivity index (χ3n) is 1.48. The molecule has 13 heavy (non-hydrogen) atoms. The molecule has 1 aromatic carbocycles. The third kappa shape index (κ3) is 2.11. The minimum atomic E-state index is -4.47. The standard InChI is InChI=1S/C8H6F4O/c1-13-7-4-5(8(10,11)12)2-3-6(7)9/h2-4H,1H3. The van der Waals surface area contributed by atoms with Crippen molar-refractivity contribution in [2.24, 2.45) is 0 Å². The highest BCUT2D eigenvalue weighted by Gasteiger charge is 2.31. The zero-order chi connectivity index (χ0) is 10.1. The van der Waals surface area contributed by atoms with Crippen molar-refractivity contribution in [2.75, 3.05) is 7.11 Å². The van der Waals surface area contributed by atoms with E-state index in [9.17, 15) is 17.6 Å². The summed E-state index contributed by atoms with van der Waals surface area (Å²) in [6.07, 6.45) is -4.47. The summed E-state index contributed by atoms with van der Waals surface area (Å²) in [5, 5.41) is 0. The number of alkyl halides is 3. The van der Waals surface area contributed by atoms with Gasteiger partial charge in [0.05, 0.1) is 12.7 Å². The van der Waals surface area contributed by atoms with Gasteiger partial charge >= 0.3 is 6.18 Å². The molecule has 0 fully saturated rings.